The summed E-state index contributed by atoms with van der Waals surface area (Å²) in [5.41, 5.74) is 2.29. The quantitative estimate of drug-likeness (QED) is 0.869. The molecular formula is C14H17N5. The molecule has 0 saturated carbocycles. The first kappa shape index (κ1) is 11.8. The number of hydrogen-bond acceptors (Lipinski definition) is 4. The van der Waals surface area contributed by atoms with Crippen molar-refractivity contribution in [2.75, 3.05) is 6.54 Å². The highest BCUT2D eigenvalue weighted by molar-refractivity contribution is 5.81. The van der Waals surface area contributed by atoms with E-state index in [1.54, 1.807) is 6.20 Å². The van der Waals surface area contributed by atoms with Crippen molar-refractivity contribution in [2.24, 2.45) is 4.99 Å². The molecule has 0 spiro atoms. The van der Waals surface area contributed by atoms with Crippen molar-refractivity contribution in [3.05, 3.63) is 48.3 Å². The minimum absolute atomic E-state index is 0.435. The number of hydrogen-bond donors (Lipinski definition) is 2. The molecule has 1 aromatic carbocycles. The molecule has 1 aliphatic heterocycles. The maximum Gasteiger partial charge on any atom is 0.191 e. The number of benzene rings is 1. The molecular weight excluding hydrogens is 238 g/mol. The van der Waals surface area contributed by atoms with Gasteiger partial charge in [0.1, 0.15) is 0 Å². The summed E-state index contributed by atoms with van der Waals surface area (Å²) in [6.45, 7) is 3.75. The molecule has 2 N–H and O–H groups in total. The van der Waals surface area contributed by atoms with Crippen molar-refractivity contribution in [1.29, 1.82) is 0 Å². The number of aromatic nitrogens is 2. The third-order valence-electron chi connectivity index (χ3n) is 3.07. The summed E-state index contributed by atoms with van der Waals surface area (Å²) < 4.78 is 1.85. The molecule has 98 valence electrons. The zero-order chi connectivity index (χ0) is 13.1. The molecule has 2 aromatic rings. The zero-order valence-electron chi connectivity index (χ0n) is 10.9. The Bertz CT molecular complexity index is 556. The van der Waals surface area contributed by atoms with Gasteiger partial charge in [0.2, 0.25) is 0 Å². The smallest absolute Gasteiger partial charge is 0.191 e. The van der Waals surface area contributed by atoms with Crippen molar-refractivity contribution >= 4 is 5.96 Å². The SMILES string of the molecule is CC1CN=C(NCc2ccc(-n3cccn3)cc2)N1. The lowest BCUT2D eigenvalue weighted by molar-refractivity contribution is 0.713. The Morgan fingerprint density at radius 2 is 2.21 bits per heavy atom. The Kier molecular flexibility index (Phi) is 3.18. The van der Waals surface area contributed by atoms with Crippen LogP contribution in [-0.2, 0) is 6.54 Å². The molecule has 0 aliphatic carbocycles. The van der Waals surface area contributed by atoms with Gasteiger partial charge in [-0.25, -0.2) is 4.68 Å². The lowest BCUT2D eigenvalue weighted by Gasteiger charge is -2.09. The highest BCUT2D eigenvalue weighted by atomic mass is 15.3. The molecule has 3 rings (SSSR count). The Labute approximate surface area is 112 Å². The average molecular weight is 255 g/mol. The Morgan fingerprint density at radius 3 is 2.84 bits per heavy atom. The van der Waals surface area contributed by atoms with E-state index < -0.39 is 0 Å². The van der Waals surface area contributed by atoms with Crippen LogP contribution < -0.4 is 10.6 Å². The summed E-state index contributed by atoms with van der Waals surface area (Å²) in [5.74, 6) is 0.892. The number of nitrogens with zero attached hydrogens (tertiary/aromatic N) is 3. The summed E-state index contributed by atoms with van der Waals surface area (Å²) in [6.07, 6.45) is 3.71. The number of nitrogens with one attached hydrogen (secondary N) is 2. The second kappa shape index (κ2) is 5.14. The van der Waals surface area contributed by atoms with Crippen LogP contribution in [0.25, 0.3) is 5.69 Å². The molecule has 1 aromatic heterocycles. The molecule has 5 heteroatoms. The van der Waals surface area contributed by atoms with Gasteiger partial charge < -0.3 is 10.6 Å². The van der Waals surface area contributed by atoms with Gasteiger partial charge in [-0.15, -0.1) is 0 Å². The topological polar surface area (TPSA) is 54.2 Å². The number of guanidine groups is 1. The van der Waals surface area contributed by atoms with Gasteiger partial charge >= 0.3 is 0 Å². The fraction of sp³-hybridized carbons (Fsp3) is 0.286. The second-order valence-electron chi connectivity index (χ2n) is 4.71. The molecule has 0 bridgehead atoms. The number of aliphatic imine (C=N–C) groups is 1. The van der Waals surface area contributed by atoms with Crippen molar-refractivity contribution < 1.29 is 0 Å². The van der Waals surface area contributed by atoms with Crippen LogP contribution in [0.4, 0.5) is 0 Å². The highest BCUT2D eigenvalue weighted by Gasteiger charge is 2.11. The third-order valence-corrected chi connectivity index (χ3v) is 3.07. The fourth-order valence-electron chi connectivity index (χ4n) is 2.03. The molecule has 19 heavy (non-hydrogen) atoms. The van der Waals surface area contributed by atoms with Crippen molar-refractivity contribution in [2.45, 2.75) is 19.5 Å². The predicted octanol–water partition coefficient (Wildman–Crippen LogP) is 1.31. The normalized spacial score (nSPS) is 17.9. The van der Waals surface area contributed by atoms with Gasteiger partial charge in [-0.2, -0.15) is 5.10 Å². The highest BCUT2D eigenvalue weighted by Crippen LogP contribution is 2.08. The lowest BCUT2D eigenvalue weighted by Crippen LogP contribution is -2.37. The monoisotopic (exact) mass is 255 g/mol. The van der Waals surface area contributed by atoms with Crippen LogP contribution in [-0.4, -0.2) is 28.3 Å². The first-order chi connectivity index (χ1) is 9.31. The average Bonchev–Trinajstić information content (AvgIpc) is 3.08. The summed E-state index contributed by atoms with van der Waals surface area (Å²) in [6, 6.07) is 10.7. The van der Waals surface area contributed by atoms with Crippen LogP contribution >= 0.6 is 0 Å². The van der Waals surface area contributed by atoms with Crippen molar-refractivity contribution in [3.63, 3.8) is 0 Å². The van der Waals surface area contributed by atoms with Gasteiger partial charge in [-0.1, -0.05) is 12.1 Å². The lowest BCUT2D eigenvalue weighted by atomic mass is 10.2. The minimum atomic E-state index is 0.435. The number of rotatable bonds is 3. The van der Waals surface area contributed by atoms with E-state index in [0.717, 1.165) is 24.7 Å². The van der Waals surface area contributed by atoms with Crippen LogP contribution in [0.5, 0.6) is 0 Å². The van der Waals surface area contributed by atoms with Crippen LogP contribution in [0.3, 0.4) is 0 Å². The van der Waals surface area contributed by atoms with E-state index in [2.05, 4.69) is 51.9 Å². The van der Waals surface area contributed by atoms with E-state index in [9.17, 15) is 0 Å². The second-order valence-corrected chi connectivity index (χ2v) is 4.71. The van der Waals surface area contributed by atoms with Gasteiger partial charge in [-0.3, -0.25) is 4.99 Å². The van der Waals surface area contributed by atoms with Crippen molar-refractivity contribution in [3.8, 4) is 5.69 Å². The summed E-state index contributed by atoms with van der Waals surface area (Å²) >= 11 is 0. The molecule has 5 nitrogen and oxygen atoms in total. The molecule has 1 atom stereocenters. The molecule has 0 fully saturated rings. The first-order valence-corrected chi connectivity index (χ1v) is 6.45. The van der Waals surface area contributed by atoms with Gasteiger partial charge in [0.05, 0.1) is 12.2 Å². The van der Waals surface area contributed by atoms with E-state index in [0.29, 0.717) is 6.04 Å². The Morgan fingerprint density at radius 1 is 1.37 bits per heavy atom. The fourth-order valence-corrected chi connectivity index (χ4v) is 2.03. The summed E-state index contributed by atoms with van der Waals surface area (Å²) in [4.78, 5) is 4.37. The maximum absolute atomic E-state index is 4.37. The molecule has 0 amide bonds. The van der Waals surface area contributed by atoms with E-state index in [1.165, 1.54) is 5.56 Å². The van der Waals surface area contributed by atoms with Crippen LogP contribution in [0, 0.1) is 0 Å². The molecule has 0 radical (unpaired) electrons. The molecule has 2 heterocycles. The Balaban J connectivity index is 1.60. The summed E-state index contributed by atoms with van der Waals surface area (Å²) in [5, 5.41) is 10.8. The zero-order valence-corrected chi connectivity index (χ0v) is 10.9. The van der Waals surface area contributed by atoms with Gasteiger partial charge in [-0.05, 0) is 30.7 Å². The van der Waals surface area contributed by atoms with E-state index in [1.807, 2.05) is 16.9 Å². The first-order valence-electron chi connectivity index (χ1n) is 6.45. The van der Waals surface area contributed by atoms with Crippen LogP contribution in [0.1, 0.15) is 12.5 Å². The van der Waals surface area contributed by atoms with Gasteiger partial charge in [0.15, 0.2) is 5.96 Å². The van der Waals surface area contributed by atoms with Crippen molar-refractivity contribution in [1.82, 2.24) is 20.4 Å². The summed E-state index contributed by atoms with van der Waals surface area (Å²) in [7, 11) is 0. The minimum Gasteiger partial charge on any atom is -0.352 e. The molecule has 1 unspecified atom stereocenters. The van der Waals surface area contributed by atoms with Gasteiger partial charge in [0.25, 0.3) is 0 Å². The van der Waals surface area contributed by atoms with Gasteiger partial charge in [0, 0.05) is 25.0 Å². The predicted molar refractivity (Wildman–Crippen MR) is 75.3 cm³/mol. The maximum atomic E-state index is 4.37. The van der Waals surface area contributed by atoms with Crippen LogP contribution in [0.15, 0.2) is 47.7 Å². The largest absolute Gasteiger partial charge is 0.352 e. The molecule has 0 saturated heterocycles. The molecule has 1 aliphatic rings. The van der Waals surface area contributed by atoms with E-state index in [4.69, 9.17) is 0 Å². The van der Waals surface area contributed by atoms with E-state index in [-0.39, 0.29) is 0 Å². The standard InChI is InChI=1S/C14H17N5/c1-11-9-15-14(18-11)16-10-12-3-5-13(6-4-12)19-8-2-7-17-19/h2-8,11H,9-10H2,1H3,(H2,15,16,18). The van der Waals surface area contributed by atoms with Crippen LogP contribution in [0.2, 0.25) is 0 Å². The Hall–Kier alpha value is -2.30. The van der Waals surface area contributed by atoms with E-state index >= 15 is 0 Å². The third kappa shape index (κ3) is 2.76.